The quantitative estimate of drug-likeness (QED) is 0.716. The van der Waals surface area contributed by atoms with Crippen LogP contribution in [0.4, 0.5) is 5.69 Å². The Morgan fingerprint density at radius 3 is 2.50 bits per heavy atom. The van der Waals surface area contributed by atoms with Gasteiger partial charge in [-0.1, -0.05) is 30.3 Å². The number of phenols is 1. The number of rotatable bonds is 3. The summed E-state index contributed by atoms with van der Waals surface area (Å²) < 4.78 is 5.39. The lowest BCUT2D eigenvalue weighted by Gasteiger charge is -2.07. The first-order valence-corrected chi connectivity index (χ1v) is 7.08. The maximum atomic E-state index is 9.93. The minimum absolute atomic E-state index is 0.189. The largest absolute Gasteiger partial charge is 0.506 e. The van der Waals surface area contributed by atoms with Crippen LogP contribution in [0.5, 0.6) is 11.5 Å². The number of aromatic hydroxyl groups is 1. The molecule has 0 saturated heterocycles. The molecule has 0 saturated carbocycles. The molecule has 3 nitrogen and oxygen atoms in total. The van der Waals surface area contributed by atoms with E-state index in [1.807, 2.05) is 55.5 Å². The number of methoxy groups -OCH3 is 1. The highest BCUT2D eigenvalue weighted by Gasteiger charge is 2.05. The van der Waals surface area contributed by atoms with Crippen molar-refractivity contribution in [3.05, 3.63) is 65.7 Å². The monoisotopic (exact) mass is 291 g/mol. The molecule has 0 heterocycles. The van der Waals surface area contributed by atoms with Crippen molar-refractivity contribution in [1.29, 1.82) is 0 Å². The second-order valence-corrected chi connectivity index (χ2v) is 5.15. The van der Waals surface area contributed by atoms with Crippen molar-refractivity contribution in [3.8, 4) is 11.5 Å². The zero-order valence-electron chi connectivity index (χ0n) is 12.6. The summed E-state index contributed by atoms with van der Waals surface area (Å²) in [6.45, 7) is 1.93. The Balaban J connectivity index is 2.06. The summed E-state index contributed by atoms with van der Waals surface area (Å²) in [5.41, 5.74) is 2.55. The Bertz CT molecular complexity index is 853. The number of hydrogen-bond acceptors (Lipinski definition) is 3. The van der Waals surface area contributed by atoms with E-state index in [-0.39, 0.29) is 5.75 Å². The lowest BCUT2D eigenvalue weighted by molar-refractivity contribution is 0.420. The number of benzene rings is 3. The molecule has 110 valence electrons. The maximum absolute atomic E-state index is 9.93. The van der Waals surface area contributed by atoms with E-state index in [0.29, 0.717) is 5.69 Å². The Morgan fingerprint density at radius 1 is 1.00 bits per heavy atom. The van der Waals surface area contributed by atoms with Crippen LogP contribution in [-0.2, 0) is 0 Å². The van der Waals surface area contributed by atoms with Gasteiger partial charge in [0.05, 0.1) is 7.11 Å². The molecular formula is C19H17NO2. The van der Waals surface area contributed by atoms with Crippen molar-refractivity contribution in [2.24, 2.45) is 4.99 Å². The minimum atomic E-state index is 0.189. The number of fused-ring (bicyclic) bond motifs is 1. The lowest BCUT2D eigenvalue weighted by atomic mass is 10.0. The van der Waals surface area contributed by atoms with Crippen LogP contribution in [0.2, 0.25) is 0 Å². The molecule has 3 heteroatoms. The van der Waals surface area contributed by atoms with Crippen molar-refractivity contribution in [2.75, 3.05) is 7.11 Å². The van der Waals surface area contributed by atoms with E-state index in [9.17, 15) is 5.11 Å². The summed E-state index contributed by atoms with van der Waals surface area (Å²) in [6, 6.07) is 17.4. The molecule has 0 amide bonds. The van der Waals surface area contributed by atoms with E-state index in [1.165, 1.54) is 0 Å². The zero-order chi connectivity index (χ0) is 15.5. The van der Waals surface area contributed by atoms with Gasteiger partial charge in [-0.3, -0.25) is 4.99 Å². The van der Waals surface area contributed by atoms with Gasteiger partial charge in [-0.2, -0.15) is 0 Å². The SMILES string of the molecule is COc1ccc(C=Nc2ccc(C)cc2O)c2ccccc12. The number of ether oxygens (including phenoxy) is 1. The van der Waals surface area contributed by atoms with Gasteiger partial charge < -0.3 is 9.84 Å². The molecule has 0 fully saturated rings. The molecule has 0 bridgehead atoms. The van der Waals surface area contributed by atoms with Crippen molar-refractivity contribution < 1.29 is 9.84 Å². The topological polar surface area (TPSA) is 41.8 Å². The van der Waals surface area contributed by atoms with Crippen LogP contribution in [0.1, 0.15) is 11.1 Å². The van der Waals surface area contributed by atoms with Gasteiger partial charge in [0.25, 0.3) is 0 Å². The second kappa shape index (κ2) is 5.90. The Kier molecular flexibility index (Phi) is 3.79. The molecule has 3 rings (SSSR count). The lowest BCUT2D eigenvalue weighted by Crippen LogP contribution is -1.89. The standard InChI is InChI=1S/C19H17NO2/c1-13-7-9-17(18(21)11-13)20-12-14-8-10-19(22-2)16-6-4-3-5-15(14)16/h3-12,21H,1-2H3. The number of aryl methyl sites for hydroxylation is 1. The van der Waals surface area contributed by atoms with Crippen molar-refractivity contribution >= 4 is 22.7 Å². The van der Waals surface area contributed by atoms with E-state index < -0.39 is 0 Å². The van der Waals surface area contributed by atoms with Crippen molar-refractivity contribution in [3.63, 3.8) is 0 Å². The molecule has 0 unspecified atom stereocenters. The number of phenolic OH excluding ortho intramolecular Hbond substituents is 1. The average molecular weight is 291 g/mol. The molecule has 0 atom stereocenters. The predicted octanol–water partition coefficient (Wildman–Crippen LogP) is 4.61. The molecular weight excluding hydrogens is 274 g/mol. The first-order chi connectivity index (χ1) is 10.7. The summed E-state index contributed by atoms with van der Waals surface area (Å²) in [5.74, 6) is 1.03. The highest BCUT2D eigenvalue weighted by atomic mass is 16.5. The van der Waals surface area contributed by atoms with Gasteiger partial charge in [0.1, 0.15) is 17.2 Å². The summed E-state index contributed by atoms with van der Waals surface area (Å²) in [7, 11) is 1.67. The van der Waals surface area contributed by atoms with Gasteiger partial charge >= 0.3 is 0 Å². The Morgan fingerprint density at radius 2 is 1.77 bits per heavy atom. The van der Waals surface area contributed by atoms with Gasteiger partial charge in [-0.15, -0.1) is 0 Å². The van der Waals surface area contributed by atoms with Gasteiger partial charge in [-0.05, 0) is 42.1 Å². The molecule has 3 aromatic rings. The number of nitrogens with zero attached hydrogens (tertiary/aromatic N) is 1. The van der Waals surface area contributed by atoms with Crippen LogP contribution in [0, 0.1) is 6.92 Å². The van der Waals surface area contributed by atoms with Gasteiger partial charge in [-0.25, -0.2) is 0 Å². The summed E-state index contributed by atoms with van der Waals surface area (Å²) in [5, 5.41) is 12.0. The first kappa shape index (κ1) is 14.1. The smallest absolute Gasteiger partial charge is 0.141 e. The van der Waals surface area contributed by atoms with Crippen LogP contribution < -0.4 is 4.74 Å². The number of aliphatic imine (C=N–C) groups is 1. The molecule has 0 aliphatic heterocycles. The van der Waals surface area contributed by atoms with E-state index in [4.69, 9.17) is 4.74 Å². The van der Waals surface area contributed by atoms with Gasteiger partial charge in [0.15, 0.2) is 0 Å². The third kappa shape index (κ3) is 2.66. The molecule has 0 aliphatic carbocycles. The third-order valence-electron chi connectivity index (χ3n) is 3.61. The molecule has 0 radical (unpaired) electrons. The van der Waals surface area contributed by atoms with Crippen molar-refractivity contribution in [2.45, 2.75) is 6.92 Å². The van der Waals surface area contributed by atoms with E-state index in [1.54, 1.807) is 19.4 Å². The fourth-order valence-electron chi connectivity index (χ4n) is 2.47. The molecule has 0 aliphatic rings. The number of hydrogen-bond donors (Lipinski definition) is 1. The first-order valence-electron chi connectivity index (χ1n) is 7.08. The fraction of sp³-hybridized carbons (Fsp3) is 0.105. The van der Waals surface area contributed by atoms with Crippen LogP contribution in [0.25, 0.3) is 10.8 Å². The third-order valence-corrected chi connectivity index (χ3v) is 3.61. The molecule has 3 aromatic carbocycles. The Labute approximate surface area is 129 Å². The van der Waals surface area contributed by atoms with Gasteiger partial charge in [0, 0.05) is 17.2 Å². The van der Waals surface area contributed by atoms with E-state index >= 15 is 0 Å². The van der Waals surface area contributed by atoms with Crippen LogP contribution in [0.3, 0.4) is 0 Å². The molecule has 0 spiro atoms. The molecule has 1 N–H and O–H groups in total. The minimum Gasteiger partial charge on any atom is -0.506 e. The second-order valence-electron chi connectivity index (χ2n) is 5.15. The van der Waals surface area contributed by atoms with Crippen molar-refractivity contribution in [1.82, 2.24) is 0 Å². The zero-order valence-corrected chi connectivity index (χ0v) is 12.6. The average Bonchev–Trinajstić information content (AvgIpc) is 2.54. The molecule has 22 heavy (non-hydrogen) atoms. The summed E-state index contributed by atoms with van der Waals surface area (Å²) in [6.07, 6.45) is 1.77. The highest BCUT2D eigenvalue weighted by molar-refractivity contribution is 6.03. The summed E-state index contributed by atoms with van der Waals surface area (Å²) >= 11 is 0. The van der Waals surface area contributed by atoms with Crippen LogP contribution >= 0.6 is 0 Å². The van der Waals surface area contributed by atoms with E-state index in [2.05, 4.69) is 4.99 Å². The van der Waals surface area contributed by atoms with Gasteiger partial charge in [0.2, 0.25) is 0 Å². The molecule has 0 aromatic heterocycles. The van der Waals surface area contributed by atoms with E-state index in [0.717, 1.165) is 27.6 Å². The maximum Gasteiger partial charge on any atom is 0.141 e. The van der Waals surface area contributed by atoms with Crippen LogP contribution in [-0.4, -0.2) is 18.4 Å². The Hall–Kier alpha value is -2.81. The summed E-state index contributed by atoms with van der Waals surface area (Å²) in [4.78, 5) is 4.41. The highest BCUT2D eigenvalue weighted by Crippen LogP contribution is 2.29. The van der Waals surface area contributed by atoms with Crippen LogP contribution in [0.15, 0.2) is 59.6 Å². The predicted molar refractivity (Wildman–Crippen MR) is 90.6 cm³/mol. The fourth-order valence-corrected chi connectivity index (χ4v) is 2.47. The normalized spacial score (nSPS) is 11.2.